The van der Waals surface area contributed by atoms with Gasteiger partial charge in [-0.2, -0.15) is 0 Å². The van der Waals surface area contributed by atoms with E-state index in [1.807, 2.05) is 60.4 Å². The number of fused-ring (bicyclic) bond motifs is 2. The van der Waals surface area contributed by atoms with E-state index < -0.39 is 5.66 Å². The highest BCUT2D eigenvalue weighted by Gasteiger charge is 2.42. The molecule has 5 rings (SSSR count). The molecule has 1 aliphatic heterocycles. The van der Waals surface area contributed by atoms with Gasteiger partial charge in [0.2, 0.25) is 0 Å². The SMILES string of the molecule is CC1(c2ccc3ccccc3c2)Nc2ccccc2C(=O)N1Cc1ccco1. The predicted octanol–water partition coefficient (Wildman–Crippen LogP) is 5.37. The Morgan fingerprint density at radius 2 is 1.71 bits per heavy atom. The lowest BCUT2D eigenvalue weighted by atomic mass is 9.91. The molecule has 1 aromatic heterocycles. The number of carbonyl (C=O) groups excluding carboxylic acids is 1. The lowest BCUT2D eigenvalue weighted by molar-refractivity contribution is 0.0487. The Kier molecular flexibility index (Phi) is 3.72. The first-order valence-electron chi connectivity index (χ1n) is 9.36. The van der Waals surface area contributed by atoms with Crippen LogP contribution in [0.15, 0.2) is 89.5 Å². The van der Waals surface area contributed by atoms with Crippen LogP contribution in [0.25, 0.3) is 10.8 Å². The van der Waals surface area contributed by atoms with Gasteiger partial charge in [0.1, 0.15) is 11.4 Å². The number of nitrogens with zero attached hydrogens (tertiary/aromatic N) is 1. The molecule has 0 radical (unpaired) electrons. The maximum atomic E-state index is 13.4. The van der Waals surface area contributed by atoms with Gasteiger partial charge in [0.05, 0.1) is 18.4 Å². The standard InChI is InChI=1S/C24H20N2O2/c1-24(19-13-12-17-7-2-3-8-18(17)15-19)25-22-11-5-4-10-21(22)23(27)26(24)16-20-9-6-14-28-20/h2-15,25H,16H2,1H3. The van der Waals surface area contributed by atoms with E-state index in [2.05, 4.69) is 35.6 Å². The van der Waals surface area contributed by atoms with Crippen molar-refractivity contribution in [3.8, 4) is 0 Å². The number of para-hydroxylation sites is 1. The quantitative estimate of drug-likeness (QED) is 0.528. The summed E-state index contributed by atoms with van der Waals surface area (Å²) in [6, 6.07) is 26.0. The molecule has 1 N–H and O–H groups in total. The van der Waals surface area contributed by atoms with Gasteiger partial charge in [-0.05, 0) is 53.6 Å². The average Bonchev–Trinajstić information content (AvgIpc) is 3.24. The van der Waals surface area contributed by atoms with Gasteiger partial charge in [0, 0.05) is 5.69 Å². The summed E-state index contributed by atoms with van der Waals surface area (Å²) < 4.78 is 5.55. The number of hydrogen-bond acceptors (Lipinski definition) is 3. The van der Waals surface area contributed by atoms with Gasteiger partial charge < -0.3 is 14.6 Å². The normalized spacial score (nSPS) is 18.8. The number of rotatable bonds is 3. The molecule has 28 heavy (non-hydrogen) atoms. The van der Waals surface area contributed by atoms with Crippen molar-refractivity contribution in [2.45, 2.75) is 19.1 Å². The van der Waals surface area contributed by atoms with Crippen molar-refractivity contribution in [3.63, 3.8) is 0 Å². The monoisotopic (exact) mass is 368 g/mol. The van der Waals surface area contributed by atoms with Crippen LogP contribution in [0, 0.1) is 0 Å². The molecule has 0 aliphatic carbocycles. The summed E-state index contributed by atoms with van der Waals surface area (Å²) in [5, 5.41) is 5.93. The lowest BCUT2D eigenvalue weighted by Gasteiger charge is -2.46. The van der Waals surface area contributed by atoms with Gasteiger partial charge in [-0.1, -0.05) is 48.5 Å². The molecule has 1 aliphatic rings. The molecular formula is C24H20N2O2. The zero-order valence-corrected chi connectivity index (χ0v) is 15.6. The van der Waals surface area contributed by atoms with E-state index in [4.69, 9.17) is 4.42 Å². The van der Waals surface area contributed by atoms with Crippen molar-refractivity contribution < 1.29 is 9.21 Å². The average molecular weight is 368 g/mol. The Morgan fingerprint density at radius 3 is 2.54 bits per heavy atom. The van der Waals surface area contributed by atoms with Crippen molar-refractivity contribution in [2.24, 2.45) is 0 Å². The fraction of sp³-hybridized carbons (Fsp3) is 0.125. The number of hydrogen-bond donors (Lipinski definition) is 1. The Labute approximate surface area is 163 Å². The van der Waals surface area contributed by atoms with Crippen molar-refractivity contribution >= 4 is 22.4 Å². The number of benzene rings is 3. The van der Waals surface area contributed by atoms with Crippen molar-refractivity contribution in [3.05, 3.63) is 102 Å². The summed E-state index contributed by atoms with van der Waals surface area (Å²) in [5.41, 5.74) is 1.84. The Hall–Kier alpha value is -3.53. The molecule has 138 valence electrons. The van der Waals surface area contributed by atoms with Gasteiger partial charge in [0.25, 0.3) is 5.91 Å². The second-order valence-electron chi connectivity index (χ2n) is 7.28. The molecule has 4 heteroatoms. The third-order valence-corrected chi connectivity index (χ3v) is 5.53. The van der Waals surface area contributed by atoms with Gasteiger partial charge in [0.15, 0.2) is 0 Å². The maximum Gasteiger partial charge on any atom is 0.258 e. The minimum absolute atomic E-state index is 0.0126. The van der Waals surface area contributed by atoms with E-state index in [9.17, 15) is 4.79 Å². The summed E-state index contributed by atoms with van der Waals surface area (Å²) in [4.78, 5) is 15.3. The topological polar surface area (TPSA) is 45.5 Å². The molecule has 1 atom stereocenters. The first-order valence-corrected chi connectivity index (χ1v) is 9.36. The third-order valence-electron chi connectivity index (χ3n) is 5.53. The maximum absolute atomic E-state index is 13.4. The molecule has 1 unspecified atom stereocenters. The van der Waals surface area contributed by atoms with Gasteiger partial charge >= 0.3 is 0 Å². The summed E-state index contributed by atoms with van der Waals surface area (Å²) in [6.07, 6.45) is 1.64. The molecule has 4 aromatic rings. The highest BCUT2D eigenvalue weighted by atomic mass is 16.3. The minimum atomic E-state index is -0.706. The van der Waals surface area contributed by atoms with E-state index in [-0.39, 0.29) is 5.91 Å². The minimum Gasteiger partial charge on any atom is -0.467 e. The van der Waals surface area contributed by atoms with E-state index in [0.29, 0.717) is 12.1 Å². The molecule has 0 fully saturated rings. The van der Waals surface area contributed by atoms with E-state index >= 15 is 0 Å². The zero-order chi connectivity index (χ0) is 19.1. The van der Waals surface area contributed by atoms with Crippen LogP contribution in [0.1, 0.15) is 28.6 Å². The van der Waals surface area contributed by atoms with Crippen molar-refractivity contribution in [1.82, 2.24) is 4.90 Å². The highest BCUT2D eigenvalue weighted by Crippen LogP contribution is 2.39. The molecule has 2 heterocycles. The van der Waals surface area contributed by atoms with E-state index in [1.54, 1.807) is 6.26 Å². The number of anilines is 1. The number of amides is 1. The van der Waals surface area contributed by atoms with Gasteiger partial charge in [-0.25, -0.2) is 0 Å². The van der Waals surface area contributed by atoms with E-state index in [0.717, 1.165) is 22.4 Å². The van der Waals surface area contributed by atoms with Crippen LogP contribution >= 0.6 is 0 Å². The van der Waals surface area contributed by atoms with Crippen LogP contribution < -0.4 is 5.32 Å². The smallest absolute Gasteiger partial charge is 0.258 e. The Bertz CT molecular complexity index is 1170. The summed E-state index contributed by atoms with van der Waals surface area (Å²) >= 11 is 0. The molecule has 3 aromatic carbocycles. The summed E-state index contributed by atoms with van der Waals surface area (Å²) in [5.74, 6) is 0.739. The van der Waals surface area contributed by atoms with E-state index in [1.165, 1.54) is 5.39 Å². The van der Waals surface area contributed by atoms with Crippen molar-refractivity contribution in [2.75, 3.05) is 5.32 Å². The Balaban J connectivity index is 1.67. The fourth-order valence-corrected chi connectivity index (χ4v) is 3.97. The molecule has 0 bridgehead atoms. The van der Waals surface area contributed by atoms with Crippen LogP contribution in [0.5, 0.6) is 0 Å². The highest BCUT2D eigenvalue weighted by molar-refractivity contribution is 6.02. The molecule has 0 saturated carbocycles. The molecule has 4 nitrogen and oxygen atoms in total. The van der Waals surface area contributed by atoms with Crippen LogP contribution in [-0.4, -0.2) is 10.8 Å². The molecular weight excluding hydrogens is 348 g/mol. The van der Waals surface area contributed by atoms with Crippen LogP contribution in [0.3, 0.4) is 0 Å². The van der Waals surface area contributed by atoms with Crippen LogP contribution in [0.4, 0.5) is 5.69 Å². The van der Waals surface area contributed by atoms with Crippen LogP contribution in [-0.2, 0) is 12.2 Å². The molecule has 1 amide bonds. The number of furan rings is 1. The molecule has 0 saturated heterocycles. The number of carbonyl (C=O) groups is 1. The Morgan fingerprint density at radius 1 is 0.929 bits per heavy atom. The van der Waals surface area contributed by atoms with Gasteiger partial charge in [-0.3, -0.25) is 4.79 Å². The largest absolute Gasteiger partial charge is 0.467 e. The third kappa shape index (κ3) is 2.57. The van der Waals surface area contributed by atoms with Crippen molar-refractivity contribution in [1.29, 1.82) is 0 Å². The second kappa shape index (κ2) is 6.27. The molecule has 0 spiro atoms. The predicted molar refractivity (Wildman–Crippen MR) is 110 cm³/mol. The zero-order valence-electron chi connectivity index (χ0n) is 15.6. The van der Waals surface area contributed by atoms with Gasteiger partial charge in [-0.15, -0.1) is 0 Å². The second-order valence-corrected chi connectivity index (χ2v) is 7.28. The number of nitrogens with one attached hydrogen (secondary N) is 1. The summed E-state index contributed by atoms with van der Waals surface area (Å²) in [7, 11) is 0. The first-order chi connectivity index (χ1) is 13.6. The van der Waals surface area contributed by atoms with Crippen LogP contribution in [0.2, 0.25) is 0 Å². The summed E-state index contributed by atoms with van der Waals surface area (Å²) in [6.45, 7) is 2.43. The first kappa shape index (κ1) is 16.6. The lowest BCUT2D eigenvalue weighted by Crippen LogP contribution is -2.55. The fourth-order valence-electron chi connectivity index (χ4n) is 3.97.